The monoisotopic (exact) mass is 241 g/mol. The quantitative estimate of drug-likeness (QED) is 0.530. The Morgan fingerprint density at radius 1 is 1.33 bits per heavy atom. The van der Waals surface area contributed by atoms with Gasteiger partial charge in [0.05, 0.1) is 0 Å². The predicted molar refractivity (Wildman–Crippen MR) is 50.7 cm³/mol. The molecule has 0 bridgehead atoms. The SMILES string of the molecule is CC(C)C(C)(C)N(C)I. The van der Waals surface area contributed by atoms with Crippen molar-refractivity contribution in [2.24, 2.45) is 5.92 Å². The molecular weight excluding hydrogens is 225 g/mol. The molecule has 2 heteroatoms. The average molecular weight is 241 g/mol. The zero-order chi connectivity index (χ0) is 7.65. The Hall–Kier alpha value is 0.690. The summed E-state index contributed by atoms with van der Waals surface area (Å²) < 4.78 is 2.23. The first-order valence-electron chi connectivity index (χ1n) is 3.28. The summed E-state index contributed by atoms with van der Waals surface area (Å²) in [6.07, 6.45) is 0. The van der Waals surface area contributed by atoms with Crippen LogP contribution in [0, 0.1) is 5.92 Å². The molecule has 9 heavy (non-hydrogen) atoms. The summed E-state index contributed by atoms with van der Waals surface area (Å²) in [4.78, 5) is 0. The van der Waals surface area contributed by atoms with Gasteiger partial charge in [0, 0.05) is 28.4 Å². The van der Waals surface area contributed by atoms with Gasteiger partial charge in [0.1, 0.15) is 0 Å². The Kier molecular flexibility index (Phi) is 3.44. The van der Waals surface area contributed by atoms with E-state index in [-0.39, 0.29) is 0 Å². The van der Waals surface area contributed by atoms with Crippen LogP contribution in [0.2, 0.25) is 0 Å². The Balaban J connectivity index is 4.01. The van der Waals surface area contributed by atoms with Crippen molar-refractivity contribution in [3.63, 3.8) is 0 Å². The van der Waals surface area contributed by atoms with E-state index in [9.17, 15) is 0 Å². The van der Waals surface area contributed by atoms with E-state index in [2.05, 4.69) is 60.7 Å². The van der Waals surface area contributed by atoms with Crippen molar-refractivity contribution < 1.29 is 0 Å². The van der Waals surface area contributed by atoms with Crippen molar-refractivity contribution >= 4 is 22.9 Å². The van der Waals surface area contributed by atoms with E-state index in [1.165, 1.54) is 0 Å². The number of hydrogen-bond acceptors (Lipinski definition) is 1. The molecule has 56 valence electrons. The lowest BCUT2D eigenvalue weighted by Crippen LogP contribution is -2.39. The van der Waals surface area contributed by atoms with Gasteiger partial charge in [-0.1, -0.05) is 13.8 Å². The van der Waals surface area contributed by atoms with Crippen molar-refractivity contribution in [1.29, 1.82) is 0 Å². The van der Waals surface area contributed by atoms with Gasteiger partial charge in [-0.3, -0.25) is 0 Å². The van der Waals surface area contributed by atoms with Gasteiger partial charge in [0.25, 0.3) is 0 Å². The molecule has 0 N–H and O–H groups in total. The van der Waals surface area contributed by atoms with E-state index < -0.39 is 0 Å². The molecule has 0 radical (unpaired) electrons. The average Bonchev–Trinajstić information content (AvgIpc) is 1.65. The van der Waals surface area contributed by atoms with Gasteiger partial charge in [-0.05, 0) is 26.8 Å². The predicted octanol–water partition coefficient (Wildman–Crippen LogP) is 2.70. The van der Waals surface area contributed by atoms with Crippen LogP contribution in [0.15, 0.2) is 0 Å². The fourth-order valence-electron chi connectivity index (χ4n) is 0.356. The Labute approximate surface area is 72.3 Å². The van der Waals surface area contributed by atoms with Crippen LogP contribution in [-0.4, -0.2) is 15.7 Å². The summed E-state index contributed by atoms with van der Waals surface area (Å²) in [6, 6.07) is 0. The molecule has 0 amide bonds. The van der Waals surface area contributed by atoms with Crippen LogP contribution in [-0.2, 0) is 0 Å². The summed E-state index contributed by atoms with van der Waals surface area (Å²) in [5, 5.41) is 0. The molecule has 0 heterocycles. The largest absolute Gasteiger partial charge is 0.245 e. The van der Waals surface area contributed by atoms with Crippen LogP contribution >= 0.6 is 22.9 Å². The molecule has 0 aliphatic heterocycles. The minimum Gasteiger partial charge on any atom is -0.245 e. The van der Waals surface area contributed by atoms with Crippen molar-refractivity contribution in [2.45, 2.75) is 33.2 Å². The molecule has 1 nitrogen and oxygen atoms in total. The molecule has 0 fully saturated rings. The van der Waals surface area contributed by atoms with Crippen LogP contribution in [0.1, 0.15) is 27.7 Å². The second-order valence-corrected chi connectivity index (χ2v) is 4.73. The highest BCUT2D eigenvalue weighted by Crippen LogP contribution is 2.24. The Morgan fingerprint density at radius 2 is 1.67 bits per heavy atom. The van der Waals surface area contributed by atoms with Gasteiger partial charge in [-0.15, -0.1) is 0 Å². The lowest BCUT2D eigenvalue weighted by atomic mass is 9.91. The zero-order valence-electron chi connectivity index (χ0n) is 6.90. The first-order valence-corrected chi connectivity index (χ1v) is 4.25. The first kappa shape index (κ1) is 9.69. The summed E-state index contributed by atoms with van der Waals surface area (Å²) >= 11 is 2.33. The molecule has 0 spiro atoms. The highest BCUT2D eigenvalue weighted by molar-refractivity contribution is 14.1. The molecule has 0 aliphatic carbocycles. The third kappa shape index (κ3) is 2.42. The number of hydrogen-bond donors (Lipinski definition) is 0. The molecule has 0 atom stereocenters. The maximum Gasteiger partial charge on any atom is 0.0268 e. The van der Waals surface area contributed by atoms with Crippen LogP contribution in [0.5, 0.6) is 0 Å². The van der Waals surface area contributed by atoms with Gasteiger partial charge in [-0.25, -0.2) is 3.11 Å². The van der Waals surface area contributed by atoms with Crippen molar-refractivity contribution in [1.82, 2.24) is 3.11 Å². The second-order valence-electron chi connectivity index (χ2n) is 3.29. The molecular formula is C7H16IN. The van der Waals surface area contributed by atoms with Crippen LogP contribution in [0.4, 0.5) is 0 Å². The van der Waals surface area contributed by atoms with Gasteiger partial charge in [0.15, 0.2) is 0 Å². The lowest BCUT2D eigenvalue weighted by Gasteiger charge is -2.34. The smallest absolute Gasteiger partial charge is 0.0268 e. The maximum atomic E-state index is 2.33. The summed E-state index contributed by atoms with van der Waals surface area (Å²) in [5.74, 6) is 0.708. The second kappa shape index (κ2) is 3.19. The molecule has 0 saturated heterocycles. The minimum absolute atomic E-state index is 0.320. The Morgan fingerprint density at radius 3 is 1.67 bits per heavy atom. The molecule has 0 aliphatic rings. The third-order valence-corrected chi connectivity index (χ3v) is 3.45. The minimum atomic E-state index is 0.320. The van der Waals surface area contributed by atoms with Crippen LogP contribution < -0.4 is 0 Å². The summed E-state index contributed by atoms with van der Waals surface area (Å²) in [6.45, 7) is 9.00. The molecule has 0 unspecified atom stereocenters. The maximum absolute atomic E-state index is 2.33. The fourth-order valence-corrected chi connectivity index (χ4v) is 0.913. The number of halogens is 1. The van der Waals surface area contributed by atoms with E-state index in [1.54, 1.807) is 0 Å². The molecule has 0 aromatic carbocycles. The molecule has 0 saturated carbocycles. The summed E-state index contributed by atoms with van der Waals surface area (Å²) in [5.41, 5.74) is 0.320. The van der Waals surface area contributed by atoms with Gasteiger partial charge in [-0.2, -0.15) is 0 Å². The van der Waals surface area contributed by atoms with E-state index in [0.717, 1.165) is 0 Å². The van der Waals surface area contributed by atoms with E-state index >= 15 is 0 Å². The Bertz CT molecular complexity index is 76.9. The van der Waals surface area contributed by atoms with Crippen LogP contribution in [0.3, 0.4) is 0 Å². The zero-order valence-corrected chi connectivity index (χ0v) is 9.06. The lowest BCUT2D eigenvalue weighted by molar-refractivity contribution is 0.227. The van der Waals surface area contributed by atoms with Crippen molar-refractivity contribution in [3.8, 4) is 0 Å². The molecule has 0 aromatic rings. The highest BCUT2D eigenvalue weighted by Gasteiger charge is 2.25. The standard InChI is InChI=1S/C7H16IN/c1-6(2)7(3,4)9(5)8/h6H,1-5H3. The van der Waals surface area contributed by atoms with Crippen LogP contribution in [0.25, 0.3) is 0 Å². The molecule has 0 aromatic heterocycles. The third-order valence-electron chi connectivity index (χ3n) is 2.21. The number of rotatable bonds is 2. The van der Waals surface area contributed by atoms with Crippen molar-refractivity contribution in [2.75, 3.05) is 7.05 Å². The normalized spacial score (nSPS) is 13.3. The topological polar surface area (TPSA) is 3.24 Å². The van der Waals surface area contributed by atoms with E-state index in [0.29, 0.717) is 11.5 Å². The number of nitrogens with zero attached hydrogens (tertiary/aromatic N) is 1. The fraction of sp³-hybridized carbons (Fsp3) is 1.00. The van der Waals surface area contributed by atoms with Gasteiger partial charge in [0.2, 0.25) is 0 Å². The van der Waals surface area contributed by atoms with Gasteiger partial charge < -0.3 is 0 Å². The van der Waals surface area contributed by atoms with Crippen molar-refractivity contribution in [3.05, 3.63) is 0 Å². The first-order chi connectivity index (χ1) is 3.89. The summed E-state index contributed by atoms with van der Waals surface area (Å²) in [7, 11) is 2.11. The van der Waals surface area contributed by atoms with E-state index in [1.807, 2.05) is 0 Å². The molecule has 0 rings (SSSR count). The van der Waals surface area contributed by atoms with E-state index in [4.69, 9.17) is 0 Å². The van der Waals surface area contributed by atoms with Gasteiger partial charge >= 0.3 is 0 Å². The highest BCUT2D eigenvalue weighted by atomic mass is 127.